The Morgan fingerprint density at radius 3 is 2.50 bits per heavy atom. The van der Waals surface area contributed by atoms with Gasteiger partial charge in [0.25, 0.3) is 0 Å². The van der Waals surface area contributed by atoms with E-state index in [1.165, 1.54) is 12.8 Å². The highest BCUT2D eigenvalue weighted by molar-refractivity contribution is 9.10. The van der Waals surface area contributed by atoms with E-state index in [0.29, 0.717) is 5.92 Å². The summed E-state index contributed by atoms with van der Waals surface area (Å²) in [6, 6.07) is 2.01. The van der Waals surface area contributed by atoms with Gasteiger partial charge < -0.3 is 9.64 Å². The molecule has 1 aromatic heterocycles. The summed E-state index contributed by atoms with van der Waals surface area (Å²) >= 11 is 3.50. The summed E-state index contributed by atoms with van der Waals surface area (Å²) in [5.41, 5.74) is 0. The third-order valence-electron chi connectivity index (χ3n) is 3.38. The van der Waals surface area contributed by atoms with E-state index in [-0.39, 0.29) is 12.2 Å². The van der Waals surface area contributed by atoms with E-state index in [9.17, 15) is 0 Å². The van der Waals surface area contributed by atoms with Crippen LogP contribution in [0.3, 0.4) is 0 Å². The maximum atomic E-state index is 5.76. The first-order valence-corrected chi connectivity index (χ1v) is 7.36. The van der Waals surface area contributed by atoms with Crippen LogP contribution in [0, 0.1) is 0 Å². The SMILES string of the molecule is C[C@@H]1CN(c2cc(Br)nc(C3CC3)n2)C[C@H](C)O1. The second-order valence-electron chi connectivity index (χ2n) is 5.34. The summed E-state index contributed by atoms with van der Waals surface area (Å²) < 4.78 is 6.65. The Morgan fingerprint density at radius 2 is 1.89 bits per heavy atom. The minimum Gasteiger partial charge on any atom is -0.372 e. The molecule has 2 atom stereocenters. The fraction of sp³-hybridized carbons (Fsp3) is 0.692. The van der Waals surface area contributed by atoms with Crippen molar-refractivity contribution in [1.29, 1.82) is 0 Å². The molecule has 1 saturated carbocycles. The molecule has 0 radical (unpaired) electrons. The molecule has 2 aliphatic rings. The molecule has 3 rings (SSSR count). The van der Waals surface area contributed by atoms with Crippen molar-refractivity contribution in [1.82, 2.24) is 9.97 Å². The smallest absolute Gasteiger partial charge is 0.135 e. The lowest BCUT2D eigenvalue weighted by Gasteiger charge is -2.36. The molecule has 0 aromatic carbocycles. The summed E-state index contributed by atoms with van der Waals surface area (Å²) in [6.45, 7) is 6.02. The molecule has 0 amide bonds. The Balaban J connectivity index is 1.86. The zero-order valence-corrected chi connectivity index (χ0v) is 12.4. The molecule has 5 heteroatoms. The van der Waals surface area contributed by atoms with Gasteiger partial charge in [-0.15, -0.1) is 0 Å². The van der Waals surface area contributed by atoms with Gasteiger partial charge in [0.15, 0.2) is 0 Å². The molecule has 1 aromatic rings. The normalized spacial score (nSPS) is 28.5. The van der Waals surface area contributed by atoms with Gasteiger partial charge in [0.05, 0.1) is 12.2 Å². The quantitative estimate of drug-likeness (QED) is 0.787. The standard InChI is InChI=1S/C13H18BrN3O/c1-8-6-17(7-9(2)18-8)12-5-11(14)15-13(16-12)10-3-4-10/h5,8-10H,3-4,6-7H2,1-2H3/t8-,9+. The van der Waals surface area contributed by atoms with E-state index in [1.807, 2.05) is 6.07 Å². The summed E-state index contributed by atoms with van der Waals surface area (Å²) in [5, 5.41) is 0. The molecule has 0 bridgehead atoms. The van der Waals surface area contributed by atoms with Gasteiger partial charge in [-0.1, -0.05) is 0 Å². The number of rotatable bonds is 2. The topological polar surface area (TPSA) is 38.2 Å². The zero-order valence-electron chi connectivity index (χ0n) is 10.8. The maximum absolute atomic E-state index is 5.76. The van der Waals surface area contributed by atoms with Crippen molar-refractivity contribution in [3.05, 3.63) is 16.5 Å². The Bertz CT molecular complexity index is 440. The number of hydrogen-bond acceptors (Lipinski definition) is 4. The average Bonchev–Trinajstić information content (AvgIpc) is 3.10. The molecule has 0 spiro atoms. The monoisotopic (exact) mass is 311 g/mol. The number of halogens is 1. The summed E-state index contributed by atoms with van der Waals surface area (Å²) in [5.74, 6) is 2.60. The minimum atomic E-state index is 0.256. The summed E-state index contributed by atoms with van der Waals surface area (Å²) in [4.78, 5) is 11.5. The van der Waals surface area contributed by atoms with E-state index in [4.69, 9.17) is 9.72 Å². The van der Waals surface area contributed by atoms with Gasteiger partial charge in [-0.05, 0) is 42.6 Å². The van der Waals surface area contributed by atoms with Crippen molar-refractivity contribution in [3.63, 3.8) is 0 Å². The maximum Gasteiger partial charge on any atom is 0.135 e. The van der Waals surface area contributed by atoms with E-state index in [0.717, 1.165) is 29.3 Å². The minimum absolute atomic E-state index is 0.256. The van der Waals surface area contributed by atoms with Gasteiger partial charge in [0.2, 0.25) is 0 Å². The fourth-order valence-corrected chi connectivity index (χ4v) is 2.86. The third-order valence-corrected chi connectivity index (χ3v) is 3.79. The lowest BCUT2D eigenvalue weighted by atomic mass is 10.2. The molecule has 2 heterocycles. The van der Waals surface area contributed by atoms with Crippen LogP contribution in [0.5, 0.6) is 0 Å². The van der Waals surface area contributed by atoms with E-state index < -0.39 is 0 Å². The second-order valence-corrected chi connectivity index (χ2v) is 6.16. The van der Waals surface area contributed by atoms with Crippen LogP contribution in [-0.2, 0) is 4.74 Å². The predicted octanol–water partition coefficient (Wildman–Crippen LogP) is 2.73. The average molecular weight is 312 g/mol. The Hall–Kier alpha value is -0.680. The van der Waals surface area contributed by atoms with E-state index in [1.54, 1.807) is 0 Å². The molecule has 98 valence electrons. The third kappa shape index (κ3) is 2.67. The van der Waals surface area contributed by atoms with Crippen molar-refractivity contribution in [2.24, 2.45) is 0 Å². The largest absolute Gasteiger partial charge is 0.372 e. The molecule has 0 N–H and O–H groups in total. The first kappa shape index (κ1) is 12.4. The number of anilines is 1. The molecular weight excluding hydrogens is 294 g/mol. The van der Waals surface area contributed by atoms with Crippen LogP contribution in [0.1, 0.15) is 38.4 Å². The first-order chi connectivity index (χ1) is 8.61. The Kier molecular flexibility index (Phi) is 3.28. The van der Waals surface area contributed by atoms with Crippen LogP contribution >= 0.6 is 15.9 Å². The van der Waals surface area contributed by atoms with Crippen LogP contribution in [-0.4, -0.2) is 35.3 Å². The lowest BCUT2D eigenvalue weighted by molar-refractivity contribution is -0.00548. The van der Waals surface area contributed by atoms with Crippen LogP contribution in [0.15, 0.2) is 10.7 Å². The van der Waals surface area contributed by atoms with Crippen LogP contribution in [0.2, 0.25) is 0 Å². The van der Waals surface area contributed by atoms with Gasteiger partial charge in [0, 0.05) is 25.1 Å². The summed E-state index contributed by atoms with van der Waals surface area (Å²) in [7, 11) is 0. The van der Waals surface area contributed by atoms with Crippen molar-refractivity contribution in [2.45, 2.75) is 44.8 Å². The number of aromatic nitrogens is 2. The highest BCUT2D eigenvalue weighted by Crippen LogP contribution is 2.39. The van der Waals surface area contributed by atoms with Gasteiger partial charge >= 0.3 is 0 Å². The molecule has 18 heavy (non-hydrogen) atoms. The molecule has 1 saturated heterocycles. The van der Waals surface area contributed by atoms with Crippen LogP contribution in [0.25, 0.3) is 0 Å². The van der Waals surface area contributed by atoms with Crippen molar-refractivity contribution < 1.29 is 4.74 Å². The number of ether oxygens (including phenoxy) is 1. The van der Waals surface area contributed by atoms with Gasteiger partial charge in [-0.25, -0.2) is 9.97 Å². The Labute approximate surface area is 116 Å². The fourth-order valence-electron chi connectivity index (χ4n) is 2.47. The molecule has 1 aliphatic heterocycles. The number of hydrogen-bond donors (Lipinski definition) is 0. The summed E-state index contributed by atoms with van der Waals surface area (Å²) in [6.07, 6.45) is 2.97. The Morgan fingerprint density at radius 1 is 1.22 bits per heavy atom. The van der Waals surface area contributed by atoms with Crippen molar-refractivity contribution >= 4 is 21.7 Å². The van der Waals surface area contributed by atoms with Crippen LogP contribution < -0.4 is 4.90 Å². The lowest BCUT2D eigenvalue weighted by Crippen LogP contribution is -2.46. The van der Waals surface area contributed by atoms with Gasteiger partial charge in [-0.2, -0.15) is 0 Å². The zero-order chi connectivity index (χ0) is 12.7. The second kappa shape index (κ2) is 4.78. The number of morpholine rings is 1. The molecular formula is C13H18BrN3O. The van der Waals surface area contributed by atoms with E-state index in [2.05, 4.69) is 39.7 Å². The molecule has 0 unspecified atom stereocenters. The first-order valence-electron chi connectivity index (χ1n) is 6.56. The number of nitrogens with zero attached hydrogens (tertiary/aromatic N) is 3. The predicted molar refractivity (Wildman–Crippen MR) is 73.9 cm³/mol. The highest BCUT2D eigenvalue weighted by atomic mass is 79.9. The van der Waals surface area contributed by atoms with Crippen molar-refractivity contribution in [2.75, 3.05) is 18.0 Å². The highest BCUT2D eigenvalue weighted by Gasteiger charge is 2.29. The van der Waals surface area contributed by atoms with Gasteiger partial charge in [0.1, 0.15) is 16.2 Å². The molecule has 1 aliphatic carbocycles. The van der Waals surface area contributed by atoms with Crippen molar-refractivity contribution in [3.8, 4) is 0 Å². The van der Waals surface area contributed by atoms with Gasteiger partial charge in [-0.3, -0.25) is 0 Å². The molecule has 2 fully saturated rings. The van der Waals surface area contributed by atoms with Crippen LogP contribution in [0.4, 0.5) is 5.82 Å². The molecule has 4 nitrogen and oxygen atoms in total. The van der Waals surface area contributed by atoms with E-state index >= 15 is 0 Å².